The number of aromatic nitrogens is 2. The Bertz CT molecular complexity index is 1260. The summed E-state index contributed by atoms with van der Waals surface area (Å²) in [5, 5.41) is 3.76. The molecule has 1 atom stereocenters. The predicted molar refractivity (Wildman–Crippen MR) is 130 cm³/mol. The van der Waals surface area contributed by atoms with Gasteiger partial charge in [0.25, 0.3) is 0 Å². The molecule has 0 radical (unpaired) electrons. The zero-order chi connectivity index (χ0) is 25.0. The van der Waals surface area contributed by atoms with Crippen molar-refractivity contribution in [2.75, 3.05) is 39.2 Å². The number of fused-ring (bicyclic) bond motifs is 1. The highest BCUT2D eigenvalue weighted by Gasteiger charge is 2.21. The second-order valence-electron chi connectivity index (χ2n) is 8.20. The first-order valence-corrected chi connectivity index (χ1v) is 11.2. The first-order chi connectivity index (χ1) is 16.7. The molecule has 4 rings (SSSR count). The van der Waals surface area contributed by atoms with Gasteiger partial charge in [0.2, 0.25) is 0 Å². The summed E-state index contributed by atoms with van der Waals surface area (Å²) in [6, 6.07) is 7.78. The number of rotatable bonds is 9. The predicted octanol–water partition coefficient (Wildman–Crippen LogP) is 4.56. The van der Waals surface area contributed by atoms with Gasteiger partial charge >= 0.3 is 0 Å². The average molecular weight is 486 g/mol. The molecule has 7 nitrogen and oxygen atoms in total. The second-order valence-corrected chi connectivity index (χ2v) is 8.61. The van der Waals surface area contributed by atoms with Gasteiger partial charge in [0, 0.05) is 42.1 Å². The summed E-state index contributed by atoms with van der Waals surface area (Å²) in [6.07, 6.45) is 4.00. The van der Waals surface area contributed by atoms with E-state index in [1.807, 2.05) is 19.0 Å². The minimum absolute atomic E-state index is 0.0145. The number of halogens is 2. The Labute approximate surface area is 204 Å². The molecule has 0 spiro atoms. The minimum Gasteiger partial charge on any atom is -0.488 e. The topological polar surface area (TPSA) is 76.6 Å². The van der Waals surface area contributed by atoms with Crippen LogP contribution < -0.4 is 10.1 Å². The van der Waals surface area contributed by atoms with Gasteiger partial charge in [-0.15, -0.1) is 0 Å². The molecule has 2 aromatic carbocycles. The Morgan fingerprint density at radius 3 is 2.97 bits per heavy atom. The standard InChI is InChI=1S/C25H26ClFN4O3/c1-31(2)8-3-4-18(32)10-16-11-20-23(13-24(16)34-19-7-9-33-14-19)28-15-29-25(20)30-17-5-6-22(27)21(26)12-17/h3-6,11-13,15,19H,7-10,14H2,1-2H3,(H,28,29,30)/b4-3+/i19D. The second kappa shape index (κ2) is 10.9. The Kier molecular flexibility index (Phi) is 7.28. The van der Waals surface area contributed by atoms with Gasteiger partial charge in [-0.05, 0) is 44.4 Å². The zero-order valence-electron chi connectivity index (χ0n) is 20.0. The van der Waals surface area contributed by atoms with E-state index in [0.29, 0.717) is 53.3 Å². The van der Waals surface area contributed by atoms with Crippen LogP contribution in [-0.4, -0.2) is 60.6 Å². The number of hydrogen-bond acceptors (Lipinski definition) is 7. The van der Waals surface area contributed by atoms with E-state index in [9.17, 15) is 9.18 Å². The molecule has 1 saturated heterocycles. The summed E-state index contributed by atoms with van der Waals surface area (Å²) in [5.41, 5.74) is 1.72. The number of ketones is 1. The largest absolute Gasteiger partial charge is 0.488 e. The maximum absolute atomic E-state index is 13.6. The number of allylic oxidation sites excluding steroid dienone is 1. The van der Waals surface area contributed by atoms with Crippen molar-refractivity contribution >= 4 is 39.8 Å². The highest BCUT2D eigenvalue weighted by molar-refractivity contribution is 6.31. The van der Waals surface area contributed by atoms with Gasteiger partial charge in [0.1, 0.15) is 29.8 Å². The highest BCUT2D eigenvalue weighted by Crippen LogP contribution is 2.32. The lowest BCUT2D eigenvalue weighted by Gasteiger charge is -2.17. The van der Waals surface area contributed by atoms with Crippen molar-refractivity contribution in [3.63, 3.8) is 0 Å². The van der Waals surface area contributed by atoms with Crippen LogP contribution in [0.2, 0.25) is 5.02 Å². The SMILES string of the molecule is [2H]C1(Oc2cc3ncnc(Nc4ccc(F)c(Cl)c4)c3cc2CC(=O)/C=C/CN(C)C)CCOC1. The van der Waals surface area contributed by atoms with Gasteiger partial charge in [-0.25, -0.2) is 14.4 Å². The van der Waals surface area contributed by atoms with Crippen LogP contribution in [0.25, 0.3) is 10.9 Å². The van der Waals surface area contributed by atoms with Gasteiger partial charge < -0.3 is 19.7 Å². The van der Waals surface area contributed by atoms with E-state index in [1.54, 1.807) is 30.4 Å². The molecule has 0 saturated carbocycles. The van der Waals surface area contributed by atoms with E-state index in [-0.39, 0.29) is 23.8 Å². The monoisotopic (exact) mass is 485 g/mol. The van der Waals surface area contributed by atoms with Crippen molar-refractivity contribution in [3.8, 4) is 5.75 Å². The van der Waals surface area contributed by atoms with Gasteiger partial charge in [-0.1, -0.05) is 17.7 Å². The molecule has 1 aliphatic heterocycles. The third kappa shape index (κ3) is 6.08. The molecule has 0 amide bonds. The van der Waals surface area contributed by atoms with Crippen LogP contribution in [0.5, 0.6) is 5.75 Å². The smallest absolute Gasteiger partial charge is 0.159 e. The summed E-state index contributed by atoms with van der Waals surface area (Å²) in [6.45, 7) is 1.22. The number of benzene rings is 2. The Morgan fingerprint density at radius 1 is 1.38 bits per heavy atom. The van der Waals surface area contributed by atoms with Gasteiger partial charge in [0.15, 0.2) is 5.78 Å². The van der Waals surface area contributed by atoms with Crippen LogP contribution in [-0.2, 0) is 16.0 Å². The first kappa shape index (κ1) is 22.7. The number of carbonyl (C=O) groups is 1. The zero-order valence-corrected chi connectivity index (χ0v) is 19.7. The molecule has 0 aliphatic carbocycles. The molecule has 3 aromatic rings. The molecular formula is C25H26ClFN4O3. The number of nitrogens with one attached hydrogen (secondary N) is 1. The van der Waals surface area contributed by atoms with Crippen molar-refractivity contribution in [1.82, 2.24) is 14.9 Å². The summed E-state index contributed by atoms with van der Waals surface area (Å²) < 4.78 is 33.5. The van der Waals surface area contributed by atoms with Crippen LogP contribution in [0.3, 0.4) is 0 Å². The Balaban J connectivity index is 1.71. The molecule has 34 heavy (non-hydrogen) atoms. The molecular weight excluding hydrogens is 459 g/mol. The van der Waals surface area contributed by atoms with E-state index in [2.05, 4.69) is 15.3 Å². The number of carbonyl (C=O) groups excluding carboxylic acids is 1. The quantitative estimate of drug-likeness (QED) is 0.445. The maximum Gasteiger partial charge on any atom is 0.159 e. The lowest BCUT2D eigenvalue weighted by molar-refractivity contribution is -0.114. The van der Waals surface area contributed by atoms with Crippen LogP contribution in [0.1, 0.15) is 13.4 Å². The lowest BCUT2D eigenvalue weighted by Crippen LogP contribution is -2.17. The number of ether oxygens (including phenoxy) is 2. The summed E-state index contributed by atoms with van der Waals surface area (Å²) in [7, 11) is 3.84. The summed E-state index contributed by atoms with van der Waals surface area (Å²) >= 11 is 5.92. The molecule has 178 valence electrons. The fraction of sp³-hybridized carbons (Fsp3) is 0.320. The molecule has 1 N–H and O–H groups in total. The highest BCUT2D eigenvalue weighted by atomic mass is 35.5. The van der Waals surface area contributed by atoms with E-state index in [1.165, 1.54) is 18.5 Å². The minimum atomic E-state index is -1.23. The van der Waals surface area contributed by atoms with Gasteiger partial charge in [-0.2, -0.15) is 0 Å². The van der Waals surface area contributed by atoms with Crippen molar-refractivity contribution in [2.24, 2.45) is 0 Å². The van der Waals surface area contributed by atoms with E-state index >= 15 is 0 Å². The molecule has 1 aliphatic rings. The molecule has 9 heteroatoms. The van der Waals surface area contributed by atoms with Crippen LogP contribution in [0.15, 0.2) is 48.8 Å². The molecule has 1 unspecified atom stereocenters. The fourth-order valence-corrected chi connectivity index (χ4v) is 3.67. The van der Waals surface area contributed by atoms with Crippen molar-refractivity contribution < 1.29 is 20.0 Å². The molecule has 2 heterocycles. The average Bonchev–Trinajstić information content (AvgIpc) is 3.23. The van der Waals surface area contributed by atoms with Gasteiger partial charge in [0.05, 0.1) is 25.1 Å². The summed E-state index contributed by atoms with van der Waals surface area (Å²) in [4.78, 5) is 23.3. The summed E-state index contributed by atoms with van der Waals surface area (Å²) in [5.74, 6) is 0.247. The maximum atomic E-state index is 13.6. The van der Waals surface area contributed by atoms with E-state index < -0.39 is 11.9 Å². The van der Waals surface area contributed by atoms with Crippen molar-refractivity contribution in [2.45, 2.75) is 18.9 Å². The fourth-order valence-electron chi connectivity index (χ4n) is 3.49. The van der Waals surface area contributed by atoms with Crippen LogP contribution in [0, 0.1) is 5.82 Å². The van der Waals surface area contributed by atoms with Crippen molar-refractivity contribution in [3.05, 3.63) is 65.2 Å². The number of nitrogens with zero attached hydrogens (tertiary/aromatic N) is 3. The van der Waals surface area contributed by atoms with Crippen LogP contribution >= 0.6 is 11.6 Å². The van der Waals surface area contributed by atoms with Crippen LogP contribution in [0.4, 0.5) is 15.9 Å². The van der Waals surface area contributed by atoms with E-state index in [4.69, 9.17) is 22.4 Å². The Hall–Kier alpha value is -3.07. The van der Waals surface area contributed by atoms with Gasteiger partial charge in [-0.3, -0.25) is 4.79 Å². The molecule has 1 aromatic heterocycles. The molecule has 0 bridgehead atoms. The Morgan fingerprint density at radius 2 is 2.24 bits per heavy atom. The third-order valence-electron chi connectivity index (χ3n) is 5.18. The third-order valence-corrected chi connectivity index (χ3v) is 5.47. The van der Waals surface area contributed by atoms with E-state index in [0.717, 1.165) is 0 Å². The number of anilines is 2. The number of likely N-dealkylation sites (N-methyl/N-ethyl adjacent to an activating group) is 1. The van der Waals surface area contributed by atoms with Crippen molar-refractivity contribution in [1.29, 1.82) is 0 Å². The first-order valence-electron chi connectivity index (χ1n) is 11.3. The normalized spacial score (nSPS) is 18.6. The lowest BCUT2D eigenvalue weighted by atomic mass is 10.0. The number of hydrogen-bond donors (Lipinski definition) is 1. The molecule has 1 fully saturated rings.